The lowest BCUT2D eigenvalue weighted by atomic mass is 10.1. The first kappa shape index (κ1) is 15.6. The van der Waals surface area contributed by atoms with E-state index in [1.165, 1.54) is 19.2 Å². The average Bonchev–Trinajstić information content (AvgIpc) is 2.39. The molecule has 0 aliphatic carbocycles. The molecule has 0 aliphatic heterocycles. The van der Waals surface area contributed by atoms with Gasteiger partial charge in [0.15, 0.2) is 0 Å². The van der Waals surface area contributed by atoms with Gasteiger partial charge in [-0.3, -0.25) is 4.79 Å². The Bertz CT molecular complexity index is 491. The second kappa shape index (κ2) is 6.65. The zero-order valence-corrected chi connectivity index (χ0v) is 12.5. The maximum Gasteiger partial charge on any atom is 0.337 e. The van der Waals surface area contributed by atoms with Gasteiger partial charge in [-0.05, 0) is 24.1 Å². The summed E-state index contributed by atoms with van der Waals surface area (Å²) < 4.78 is 18.1. The molecule has 0 aliphatic rings. The summed E-state index contributed by atoms with van der Waals surface area (Å²) in [5, 5.41) is 2.44. The van der Waals surface area contributed by atoms with E-state index >= 15 is 0 Å². The Morgan fingerprint density at radius 1 is 1.37 bits per heavy atom. The Hall–Kier alpha value is -1.43. The molecule has 0 spiro atoms. The molecule has 1 aromatic rings. The highest BCUT2D eigenvalue weighted by Crippen LogP contribution is 2.20. The zero-order chi connectivity index (χ0) is 14.6. The minimum absolute atomic E-state index is 0.0435. The molecule has 0 aromatic heterocycles. The number of methoxy groups -OCH3 is 1. The van der Waals surface area contributed by atoms with Crippen LogP contribution in [0.1, 0.15) is 24.2 Å². The molecule has 0 radical (unpaired) electrons. The molecule has 0 heterocycles. The van der Waals surface area contributed by atoms with Gasteiger partial charge in [-0.2, -0.15) is 0 Å². The van der Waals surface area contributed by atoms with Crippen LogP contribution in [-0.4, -0.2) is 23.8 Å². The molecule has 0 fully saturated rings. The van der Waals surface area contributed by atoms with Crippen LogP contribution in [0.4, 0.5) is 10.1 Å². The minimum Gasteiger partial charge on any atom is -0.465 e. The lowest BCUT2D eigenvalue weighted by Crippen LogP contribution is -2.27. The Kier molecular flexibility index (Phi) is 5.47. The van der Waals surface area contributed by atoms with Crippen molar-refractivity contribution in [1.82, 2.24) is 0 Å². The van der Waals surface area contributed by atoms with Gasteiger partial charge in [0.05, 0.1) is 23.2 Å². The Morgan fingerprint density at radius 2 is 2.00 bits per heavy atom. The number of benzene rings is 1. The first-order chi connectivity index (χ1) is 8.86. The quantitative estimate of drug-likeness (QED) is 0.681. The SMILES string of the molecule is COC(=O)c1ccc(F)c(NC(=O)C(Br)C(C)C)c1. The maximum atomic E-state index is 13.6. The third kappa shape index (κ3) is 4.02. The number of alkyl halides is 1. The summed E-state index contributed by atoms with van der Waals surface area (Å²) >= 11 is 3.22. The number of carbonyl (C=O) groups is 2. The van der Waals surface area contributed by atoms with Crippen molar-refractivity contribution in [3.8, 4) is 0 Å². The van der Waals surface area contributed by atoms with Crippen molar-refractivity contribution in [3.63, 3.8) is 0 Å². The number of rotatable bonds is 4. The van der Waals surface area contributed by atoms with Crippen molar-refractivity contribution in [3.05, 3.63) is 29.6 Å². The van der Waals surface area contributed by atoms with Crippen molar-refractivity contribution in [2.24, 2.45) is 5.92 Å². The van der Waals surface area contributed by atoms with E-state index in [4.69, 9.17) is 0 Å². The number of hydrogen-bond donors (Lipinski definition) is 1. The number of hydrogen-bond acceptors (Lipinski definition) is 3. The van der Waals surface area contributed by atoms with E-state index in [-0.39, 0.29) is 23.1 Å². The molecule has 1 N–H and O–H groups in total. The predicted molar refractivity (Wildman–Crippen MR) is 73.9 cm³/mol. The van der Waals surface area contributed by atoms with Crippen LogP contribution in [0.2, 0.25) is 0 Å². The summed E-state index contributed by atoms with van der Waals surface area (Å²) in [7, 11) is 1.23. The fourth-order valence-electron chi connectivity index (χ4n) is 1.37. The van der Waals surface area contributed by atoms with Crippen LogP contribution >= 0.6 is 15.9 Å². The van der Waals surface area contributed by atoms with Crippen molar-refractivity contribution >= 4 is 33.5 Å². The van der Waals surface area contributed by atoms with Gasteiger partial charge in [0.1, 0.15) is 5.82 Å². The van der Waals surface area contributed by atoms with Gasteiger partial charge in [0.2, 0.25) is 5.91 Å². The second-order valence-electron chi connectivity index (χ2n) is 4.32. The van der Waals surface area contributed by atoms with Crippen molar-refractivity contribution in [2.75, 3.05) is 12.4 Å². The average molecular weight is 332 g/mol. The predicted octanol–water partition coefficient (Wildman–Crippen LogP) is 2.97. The Morgan fingerprint density at radius 3 is 2.53 bits per heavy atom. The summed E-state index contributed by atoms with van der Waals surface area (Å²) in [5.41, 5.74) is 0.132. The molecule has 1 atom stereocenters. The number of esters is 1. The number of halogens is 2. The van der Waals surface area contributed by atoms with Gasteiger partial charge in [0.25, 0.3) is 0 Å². The van der Waals surface area contributed by atoms with Gasteiger partial charge >= 0.3 is 5.97 Å². The van der Waals surface area contributed by atoms with E-state index in [0.29, 0.717) is 0 Å². The molecule has 1 aromatic carbocycles. The van der Waals surface area contributed by atoms with Gasteiger partial charge in [-0.25, -0.2) is 9.18 Å². The molecule has 19 heavy (non-hydrogen) atoms. The van der Waals surface area contributed by atoms with Crippen LogP contribution < -0.4 is 5.32 Å². The Balaban J connectivity index is 2.94. The van der Waals surface area contributed by atoms with Gasteiger partial charge < -0.3 is 10.1 Å². The lowest BCUT2D eigenvalue weighted by molar-refractivity contribution is -0.116. The standard InChI is InChI=1S/C13H15BrFNO3/c1-7(2)11(14)12(17)16-10-6-8(13(18)19-3)4-5-9(10)15/h4-7,11H,1-3H3,(H,16,17). The molecular weight excluding hydrogens is 317 g/mol. The van der Waals surface area contributed by atoms with Gasteiger partial charge in [0, 0.05) is 0 Å². The summed E-state index contributed by atoms with van der Waals surface area (Å²) in [6, 6.07) is 3.66. The summed E-state index contributed by atoms with van der Waals surface area (Å²) in [6.45, 7) is 3.72. The van der Waals surface area contributed by atoms with Crippen LogP contribution in [0.3, 0.4) is 0 Å². The van der Waals surface area contributed by atoms with Crippen LogP contribution in [0.25, 0.3) is 0 Å². The van der Waals surface area contributed by atoms with Gasteiger partial charge in [-0.1, -0.05) is 29.8 Å². The lowest BCUT2D eigenvalue weighted by Gasteiger charge is -2.14. The minimum atomic E-state index is -0.607. The fourth-order valence-corrected chi connectivity index (χ4v) is 1.48. The van der Waals surface area contributed by atoms with Crippen LogP contribution in [0.15, 0.2) is 18.2 Å². The van der Waals surface area contributed by atoms with E-state index in [9.17, 15) is 14.0 Å². The number of carbonyl (C=O) groups excluding carboxylic acids is 2. The molecule has 1 amide bonds. The highest BCUT2D eigenvalue weighted by molar-refractivity contribution is 9.10. The molecule has 0 saturated heterocycles. The monoisotopic (exact) mass is 331 g/mol. The summed E-state index contributed by atoms with van der Waals surface area (Å²) in [6.07, 6.45) is 0. The zero-order valence-electron chi connectivity index (χ0n) is 10.9. The first-order valence-corrected chi connectivity index (χ1v) is 6.61. The molecule has 104 valence electrons. The molecule has 0 bridgehead atoms. The summed E-state index contributed by atoms with van der Waals surface area (Å²) in [4.78, 5) is 22.7. The van der Waals surface area contributed by atoms with Gasteiger partial charge in [-0.15, -0.1) is 0 Å². The van der Waals surface area contributed by atoms with Crippen LogP contribution in [0, 0.1) is 11.7 Å². The number of nitrogens with one attached hydrogen (secondary N) is 1. The molecular formula is C13H15BrFNO3. The van der Waals surface area contributed by atoms with E-state index in [1.807, 2.05) is 13.8 Å². The maximum absolute atomic E-state index is 13.6. The number of anilines is 1. The topological polar surface area (TPSA) is 55.4 Å². The van der Waals surface area contributed by atoms with Crippen molar-refractivity contribution < 1.29 is 18.7 Å². The molecule has 1 unspecified atom stereocenters. The van der Waals surface area contributed by atoms with Crippen molar-refractivity contribution in [1.29, 1.82) is 0 Å². The smallest absolute Gasteiger partial charge is 0.337 e. The molecule has 4 nitrogen and oxygen atoms in total. The Labute approximate surface area is 119 Å². The summed E-state index contributed by atoms with van der Waals surface area (Å²) in [5.74, 6) is -1.50. The third-order valence-corrected chi connectivity index (χ3v) is 3.95. The molecule has 6 heteroatoms. The van der Waals surface area contributed by atoms with E-state index in [1.54, 1.807) is 0 Å². The van der Waals surface area contributed by atoms with Crippen LogP contribution in [-0.2, 0) is 9.53 Å². The van der Waals surface area contributed by atoms with E-state index in [2.05, 4.69) is 26.0 Å². The van der Waals surface area contributed by atoms with Crippen LogP contribution in [0.5, 0.6) is 0 Å². The van der Waals surface area contributed by atoms with E-state index < -0.39 is 16.6 Å². The van der Waals surface area contributed by atoms with E-state index in [0.717, 1.165) is 6.07 Å². The molecule has 1 rings (SSSR count). The second-order valence-corrected chi connectivity index (χ2v) is 5.31. The largest absolute Gasteiger partial charge is 0.465 e. The number of amides is 1. The highest BCUT2D eigenvalue weighted by Gasteiger charge is 2.20. The molecule has 0 saturated carbocycles. The number of ether oxygens (including phenoxy) is 1. The fraction of sp³-hybridized carbons (Fsp3) is 0.385. The third-order valence-electron chi connectivity index (χ3n) is 2.48. The highest BCUT2D eigenvalue weighted by atomic mass is 79.9. The van der Waals surface area contributed by atoms with Crippen molar-refractivity contribution in [2.45, 2.75) is 18.7 Å². The first-order valence-electron chi connectivity index (χ1n) is 5.69. The normalized spacial score (nSPS) is 12.1.